The fourth-order valence-electron chi connectivity index (χ4n) is 13.9. The first-order valence-corrected chi connectivity index (χ1v) is 20.7. The lowest BCUT2D eigenvalue weighted by molar-refractivity contribution is -0.221. The predicted molar refractivity (Wildman–Crippen MR) is 197 cm³/mol. The van der Waals surface area contributed by atoms with Gasteiger partial charge < -0.3 is 20.6 Å². The van der Waals surface area contributed by atoms with Crippen LogP contribution >= 0.6 is 0 Å². The number of nitrogens with zero attached hydrogens (tertiary/aromatic N) is 1. The minimum atomic E-state index is -0.812. The SMILES string of the molecule is CC1C(C(=O)O)CC1C(=O)OC1CCC2(C)C(CCC3(C)C4CCC5(NOC6(c7ncc(-c8ccccc8)[nH]7)CCC6)CCCC5C4CCC23)C1N. The van der Waals surface area contributed by atoms with Gasteiger partial charge in [0.05, 0.1) is 23.7 Å². The Morgan fingerprint density at radius 1 is 0.885 bits per heavy atom. The number of hydroxylamine groups is 1. The number of ether oxygens (including phenoxy) is 1. The topological polar surface area (TPSA) is 140 Å². The number of hydrogen-bond donors (Lipinski definition) is 4. The summed E-state index contributed by atoms with van der Waals surface area (Å²) in [4.78, 5) is 40.1. The molecule has 7 saturated carbocycles. The summed E-state index contributed by atoms with van der Waals surface area (Å²) in [5.41, 5.74) is 13.2. The molecule has 52 heavy (non-hydrogen) atoms. The van der Waals surface area contributed by atoms with E-state index in [0.717, 1.165) is 55.6 Å². The molecule has 9 heteroatoms. The first kappa shape index (κ1) is 35.0. The molecule has 7 aliphatic carbocycles. The maximum atomic E-state index is 13.2. The van der Waals surface area contributed by atoms with E-state index >= 15 is 0 Å². The van der Waals surface area contributed by atoms with Crippen LogP contribution in [0.5, 0.6) is 0 Å². The van der Waals surface area contributed by atoms with Crippen molar-refractivity contribution in [2.75, 3.05) is 0 Å². The number of nitrogens with two attached hydrogens (primary N) is 1. The Balaban J connectivity index is 0.873. The van der Waals surface area contributed by atoms with Crippen LogP contribution in [0.1, 0.15) is 123 Å². The van der Waals surface area contributed by atoms with Crippen molar-refractivity contribution in [3.63, 3.8) is 0 Å². The van der Waals surface area contributed by atoms with Crippen molar-refractivity contribution in [2.24, 2.45) is 63.9 Å². The summed E-state index contributed by atoms with van der Waals surface area (Å²) in [6, 6.07) is 10.3. The molecule has 5 N–H and O–H groups in total. The molecule has 2 aromatic rings. The summed E-state index contributed by atoms with van der Waals surface area (Å²) < 4.78 is 6.13. The zero-order valence-electron chi connectivity index (χ0n) is 31.4. The molecule has 1 aromatic carbocycles. The number of fused-ring (bicyclic) bond motifs is 7. The molecule has 1 heterocycles. The molecule has 0 radical (unpaired) electrons. The number of carbonyl (C=O) groups is 2. The molecule has 13 atom stereocenters. The van der Waals surface area contributed by atoms with Gasteiger partial charge in [-0.2, -0.15) is 5.48 Å². The molecule has 9 rings (SSSR count). The molecule has 7 fully saturated rings. The molecule has 1 aromatic heterocycles. The highest BCUT2D eigenvalue weighted by Crippen LogP contribution is 2.70. The van der Waals surface area contributed by atoms with Crippen molar-refractivity contribution in [1.82, 2.24) is 15.4 Å². The summed E-state index contributed by atoms with van der Waals surface area (Å²) in [6.07, 6.45) is 18.0. The van der Waals surface area contributed by atoms with Crippen LogP contribution in [0.3, 0.4) is 0 Å². The number of aromatic nitrogens is 2. The lowest BCUT2D eigenvalue weighted by Crippen LogP contribution is -2.66. The van der Waals surface area contributed by atoms with Crippen molar-refractivity contribution in [3.05, 3.63) is 42.4 Å². The van der Waals surface area contributed by atoms with E-state index in [9.17, 15) is 14.7 Å². The number of benzene rings is 1. The monoisotopic (exact) mass is 712 g/mol. The quantitative estimate of drug-likeness (QED) is 0.161. The highest BCUT2D eigenvalue weighted by Gasteiger charge is 2.65. The van der Waals surface area contributed by atoms with E-state index < -0.39 is 11.9 Å². The van der Waals surface area contributed by atoms with Gasteiger partial charge in [0.2, 0.25) is 0 Å². The van der Waals surface area contributed by atoms with Crippen LogP contribution in [0.2, 0.25) is 0 Å². The largest absolute Gasteiger partial charge is 0.481 e. The fraction of sp³-hybridized carbons (Fsp3) is 0.744. The second-order valence-electron chi connectivity index (χ2n) is 19.1. The average molecular weight is 713 g/mol. The zero-order valence-corrected chi connectivity index (χ0v) is 31.4. The van der Waals surface area contributed by atoms with E-state index in [1.165, 1.54) is 51.4 Å². The molecular formula is C43H60N4O5. The molecule has 7 aliphatic rings. The molecule has 0 spiro atoms. The highest BCUT2D eigenvalue weighted by molar-refractivity contribution is 5.80. The number of esters is 1. The number of carboxylic acid groups (broad SMARTS) is 1. The third kappa shape index (κ3) is 5.21. The number of nitrogens with one attached hydrogen (secondary N) is 2. The third-order valence-electron chi connectivity index (χ3n) is 17.1. The number of imidazole rings is 1. The van der Waals surface area contributed by atoms with Gasteiger partial charge in [0.15, 0.2) is 0 Å². The molecule has 282 valence electrons. The lowest BCUT2D eigenvalue weighted by atomic mass is 9.38. The Labute approximate surface area is 308 Å². The Morgan fingerprint density at radius 2 is 1.63 bits per heavy atom. The van der Waals surface area contributed by atoms with Crippen molar-refractivity contribution >= 4 is 11.9 Å². The Bertz CT molecular complexity index is 1680. The number of H-pyrrole nitrogens is 1. The van der Waals surface area contributed by atoms with Crippen molar-refractivity contribution < 1.29 is 24.3 Å². The summed E-state index contributed by atoms with van der Waals surface area (Å²) in [6.45, 7) is 7.03. The minimum absolute atomic E-state index is 0.0373. The number of carboxylic acids is 1. The molecule has 0 aliphatic heterocycles. The summed E-state index contributed by atoms with van der Waals surface area (Å²) in [5, 5.41) is 9.42. The molecule has 0 amide bonds. The summed E-state index contributed by atoms with van der Waals surface area (Å²) in [7, 11) is 0. The minimum Gasteiger partial charge on any atom is -0.481 e. The number of aliphatic carboxylic acids is 1. The van der Waals surface area contributed by atoms with Gasteiger partial charge in [-0.3, -0.25) is 14.4 Å². The van der Waals surface area contributed by atoms with Crippen LogP contribution < -0.4 is 11.2 Å². The van der Waals surface area contributed by atoms with Crippen LogP contribution in [0.4, 0.5) is 0 Å². The lowest BCUT2D eigenvalue weighted by Gasteiger charge is -2.67. The second-order valence-corrected chi connectivity index (χ2v) is 19.1. The normalized spacial score (nSPS) is 44.5. The van der Waals surface area contributed by atoms with Crippen molar-refractivity contribution in [3.8, 4) is 11.3 Å². The summed E-state index contributed by atoms with van der Waals surface area (Å²) >= 11 is 0. The second kappa shape index (κ2) is 12.7. The Morgan fingerprint density at radius 3 is 2.37 bits per heavy atom. The van der Waals surface area contributed by atoms with Crippen molar-refractivity contribution in [2.45, 2.75) is 140 Å². The molecule has 9 nitrogen and oxygen atoms in total. The van der Waals surface area contributed by atoms with E-state index in [2.05, 4.69) is 48.6 Å². The average Bonchev–Trinajstić information content (AvgIpc) is 3.77. The van der Waals surface area contributed by atoms with E-state index in [-0.39, 0.29) is 51.9 Å². The first-order valence-electron chi connectivity index (χ1n) is 20.7. The third-order valence-corrected chi connectivity index (χ3v) is 17.1. The van der Waals surface area contributed by atoms with Gasteiger partial charge in [-0.05, 0) is 142 Å². The number of hydrogen-bond acceptors (Lipinski definition) is 7. The van der Waals surface area contributed by atoms with Crippen molar-refractivity contribution in [1.29, 1.82) is 0 Å². The number of carbonyl (C=O) groups excluding carboxylic acids is 1. The van der Waals surface area contributed by atoms with E-state index in [1.54, 1.807) is 0 Å². The maximum absolute atomic E-state index is 13.2. The van der Waals surface area contributed by atoms with Gasteiger partial charge in [0.1, 0.15) is 17.5 Å². The molecule has 0 saturated heterocycles. The number of rotatable bonds is 8. The zero-order chi connectivity index (χ0) is 36.0. The van der Waals surface area contributed by atoms with Gasteiger partial charge in [-0.15, -0.1) is 0 Å². The first-order chi connectivity index (χ1) is 25.0. The van der Waals surface area contributed by atoms with Gasteiger partial charge in [-0.25, -0.2) is 4.98 Å². The molecular weight excluding hydrogens is 652 g/mol. The van der Waals surface area contributed by atoms with E-state index in [0.29, 0.717) is 36.0 Å². The molecule has 13 unspecified atom stereocenters. The van der Waals surface area contributed by atoms with E-state index in [1.807, 2.05) is 19.2 Å². The van der Waals surface area contributed by atoms with Gasteiger partial charge in [-0.1, -0.05) is 57.5 Å². The van der Waals surface area contributed by atoms with Crippen LogP contribution in [0.15, 0.2) is 36.5 Å². The highest BCUT2D eigenvalue weighted by atomic mass is 16.7. The van der Waals surface area contributed by atoms with Crippen LogP contribution in [-0.2, 0) is 24.8 Å². The molecule has 0 bridgehead atoms. The number of aromatic amines is 1. The van der Waals surface area contributed by atoms with Gasteiger partial charge >= 0.3 is 11.9 Å². The van der Waals surface area contributed by atoms with E-state index in [4.69, 9.17) is 20.3 Å². The van der Waals surface area contributed by atoms with Gasteiger partial charge in [0.25, 0.3) is 0 Å². The van der Waals surface area contributed by atoms with Gasteiger partial charge in [0, 0.05) is 11.6 Å². The van der Waals surface area contributed by atoms with Crippen LogP contribution in [-0.4, -0.2) is 44.7 Å². The summed E-state index contributed by atoms with van der Waals surface area (Å²) in [5.74, 6) is 1.98. The Hall–Kier alpha value is -2.75. The van der Waals surface area contributed by atoms with Crippen LogP contribution in [0, 0.1) is 58.2 Å². The maximum Gasteiger partial charge on any atom is 0.309 e. The smallest absolute Gasteiger partial charge is 0.309 e. The Kier molecular flexibility index (Phi) is 8.52. The fourth-order valence-corrected chi connectivity index (χ4v) is 13.9. The van der Waals surface area contributed by atoms with Crippen LogP contribution in [0.25, 0.3) is 11.3 Å². The standard InChI is InChI=1S/C43H60N4O5/c1-25-28(37(48)49)23-29(25)38(50)51-34-16-21-41(3)32(36(34)44)14-20-40(2)30-15-22-42(17-7-11-31(42)27(30)12-13-35(40)41)47-52-43(18-8-19-43)39-45-24-33(46-39)26-9-5-4-6-10-26/h4-6,9-10,24-25,27-32,34-36,47H,7-8,11-23,44H2,1-3H3,(H,45,46)(H,48,49). The predicted octanol–water partition coefficient (Wildman–Crippen LogP) is 7.76.